The average Bonchev–Trinajstić information content (AvgIpc) is 2.99. The number of carbonyl (C=O) groups is 2. The molecule has 1 atom stereocenters. The van der Waals surface area contributed by atoms with E-state index in [0.29, 0.717) is 21.7 Å². The van der Waals surface area contributed by atoms with E-state index in [1.54, 1.807) is 30.3 Å². The van der Waals surface area contributed by atoms with Crippen LogP contribution in [0, 0.1) is 0 Å². The minimum absolute atomic E-state index is 0.0180. The number of nitrogens with one attached hydrogen (secondary N) is 2. The van der Waals surface area contributed by atoms with Crippen LogP contribution in [0.25, 0.3) is 32.4 Å². The molecular weight excluding hydrogens is 536 g/mol. The van der Waals surface area contributed by atoms with Crippen LogP contribution < -0.4 is 10.9 Å². The zero-order chi connectivity index (χ0) is 28.3. The third-order valence-electron chi connectivity index (χ3n) is 7.20. The Morgan fingerprint density at radius 3 is 2.07 bits per heavy atom. The van der Waals surface area contributed by atoms with Gasteiger partial charge in [-0.2, -0.15) is 0 Å². The number of esters is 1. The highest BCUT2D eigenvalue weighted by atomic mass is 35.5. The fourth-order valence-corrected chi connectivity index (χ4v) is 5.34. The van der Waals surface area contributed by atoms with Crippen LogP contribution >= 0.6 is 11.6 Å². The fraction of sp³-hybridized carbons (Fsp3) is 0.0882. The lowest BCUT2D eigenvalue weighted by Gasteiger charge is -2.20. The fourth-order valence-electron chi connectivity index (χ4n) is 5.21. The van der Waals surface area contributed by atoms with E-state index in [1.165, 1.54) is 6.07 Å². The number of pyridine rings is 1. The van der Waals surface area contributed by atoms with Crippen LogP contribution in [0.2, 0.25) is 5.02 Å². The Labute approximate surface area is 240 Å². The minimum Gasteiger partial charge on any atom is -0.459 e. The van der Waals surface area contributed by atoms with Gasteiger partial charge in [0.05, 0.1) is 0 Å². The number of hydrogen-bond acceptors (Lipinski definition) is 4. The smallest absolute Gasteiger partial charge is 0.329 e. The summed E-state index contributed by atoms with van der Waals surface area (Å²) in [5.41, 5.74) is 2.21. The monoisotopic (exact) mass is 560 g/mol. The van der Waals surface area contributed by atoms with Crippen LogP contribution in [0.1, 0.15) is 21.5 Å². The van der Waals surface area contributed by atoms with Crippen LogP contribution in [0.3, 0.4) is 0 Å². The predicted molar refractivity (Wildman–Crippen MR) is 162 cm³/mol. The number of benzene rings is 5. The number of para-hydroxylation sites is 1. The van der Waals surface area contributed by atoms with Gasteiger partial charge in [0.2, 0.25) is 5.56 Å². The molecule has 0 saturated heterocycles. The molecule has 0 aliphatic heterocycles. The molecule has 41 heavy (non-hydrogen) atoms. The SMILES string of the molecule is O=C(NC(Cc1cc(=O)[nH]c2ccccc12)C(=O)OCc1c2ccccc2cc2ccccc12)c1ccc(Cl)cc1. The first-order valence-electron chi connectivity index (χ1n) is 13.2. The van der Waals surface area contributed by atoms with Crippen molar-refractivity contribution >= 4 is 55.9 Å². The zero-order valence-electron chi connectivity index (χ0n) is 21.9. The summed E-state index contributed by atoms with van der Waals surface area (Å²) in [6, 6.07) is 32.2. The maximum absolute atomic E-state index is 13.7. The quantitative estimate of drug-likeness (QED) is 0.171. The summed E-state index contributed by atoms with van der Waals surface area (Å²) >= 11 is 5.99. The Kier molecular flexibility index (Phi) is 7.23. The lowest BCUT2D eigenvalue weighted by molar-refractivity contribution is -0.147. The van der Waals surface area contributed by atoms with Gasteiger partial charge in [-0.15, -0.1) is 0 Å². The molecule has 0 aliphatic carbocycles. The molecule has 6 rings (SSSR count). The summed E-state index contributed by atoms with van der Waals surface area (Å²) in [4.78, 5) is 42.1. The van der Waals surface area contributed by atoms with Crippen LogP contribution in [0.4, 0.5) is 0 Å². The summed E-state index contributed by atoms with van der Waals surface area (Å²) < 4.78 is 5.92. The van der Waals surface area contributed by atoms with Gasteiger partial charge < -0.3 is 15.0 Å². The lowest BCUT2D eigenvalue weighted by atomic mass is 9.97. The van der Waals surface area contributed by atoms with Crippen molar-refractivity contribution < 1.29 is 14.3 Å². The minimum atomic E-state index is -1.05. The molecule has 0 fully saturated rings. The van der Waals surface area contributed by atoms with Gasteiger partial charge in [0.15, 0.2) is 0 Å². The Balaban J connectivity index is 1.34. The Morgan fingerprint density at radius 1 is 0.780 bits per heavy atom. The van der Waals surface area contributed by atoms with Crippen molar-refractivity contribution in [2.24, 2.45) is 0 Å². The van der Waals surface area contributed by atoms with Gasteiger partial charge in [-0.05, 0) is 63.5 Å². The molecule has 6 aromatic rings. The van der Waals surface area contributed by atoms with E-state index in [4.69, 9.17) is 16.3 Å². The van der Waals surface area contributed by atoms with Gasteiger partial charge in [-0.1, -0.05) is 78.3 Å². The zero-order valence-corrected chi connectivity index (χ0v) is 22.7. The molecule has 6 nitrogen and oxygen atoms in total. The van der Waals surface area contributed by atoms with Crippen molar-refractivity contribution in [2.45, 2.75) is 19.1 Å². The number of halogens is 1. The van der Waals surface area contributed by atoms with Gasteiger partial charge in [-0.25, -0.2) is 4.79 Å². The second-order valence-electron chi connectivity index (χ2n) is 9.85. The Bertz CT molecular complexity index is 1930. The van der Waals surface area contributed by atoms with Crippen molar-refractivity contribution in [3.8, 4) is 0 Å². The molecule has 0 bridgehead atoms. The van der Waals surface area contributed by atoms with E-state index in [0.717, 1.165) is 32.5 Å². The largest absolute Gasteiger partial charge is 0.459 e. The summed E-state index contributed by atoms with van der Waals surface area (Å²) in [5.74, 6) is -1.05. The van der Waals surface area contributed by atoms with Crippen LogP contribution in [-0.4, -0.2) is 22.9 Å². The number of carbonyl (C=O) groups excluding carboxylic acids is 2. The Hall–Kier alpha value is -4.94. The molecule has 1 aromatic heterocycles. The normalized spacial score (nSPS) is 11.9. The molecule has 0 spiro atoms. The number of amides is 1. The van der Waals surface area contributed by atoms with E-state index in [1.807, 2.05) is 66.7 Å². The second-order valence-corrected chi connectivity index (χ2v) is 10.3. The van der Waals surface area contributed by atoms with E-state index in [9.17, 15) is 14.4 Å². The van der Waals surface area contributed by atoms with Gasteiger partial charge >= 0.3 is 5.97 Å². The molecule has 0 aliphatic rings. The summed E-state index contributed by atoms with van der Waals surface area (Å²) in [5, 5.41) is 8.16. The van der Waals surface area contributed by atoms with Crippen LogP contribution in [-0.2, 0) is 22.6 Å². The molecule has 7 heteroatoms. The molecular formula is C34H25ClN2O4. The third-order valence-corrected chi connectivity index (χ3v) is 7.45. The van der Waals surface area contributed by atoms with Gasteiger partial charge in [-0.3, -0.25) is 9.59 Å². The number of fused-ring (bicyclic) bond motifs is 3. The van der Waals surface area contributed by atoms with E-state index in [2.05, 4.69) is 16.4 Å². The maximum atomic E-state index is 13.7. The summed E-state index contributed by atoms with van der Waals surface area (Å²) in [7, 11) is 0. The molecule has 0 radical (unpaired) electrons. The molecule has 5 aromatic carbocycles. The van der Waals surface area contributed by atoms with Gasteiger partial charge in [0.1, 0.15) is 12.6 Å². The number of aromatic amines is 1. The van der Waals surface area contributed by atoms with Crippen LogP contribution in [0.15, 0.2) is 114 Å². The van der Waals surface area contributed by atoms with Gasteiger partial charge in [0, 0.05) is 39.5 Å². The van der Waals surface area contributed by atoms with Gasteiger partial charge in [0.25, 0.3) is 5.91 Å². The molecule has 202 valence electrons. The highest BCUT2D eigenvalue weighted by Gasteiger charge is 2.25. The summed E-state index contributed by atoms with van der Waals surface area (Å²) in [6.45, 7) is 0.0180. The van der Waals surface area contributed by atoms with Crippen LogP contribution in [0.5, 0.6) is 0 Å². The predicted octanol–water partition coefficient (Wildman–Crippen LogP) is 6.57. The highest BCUT2D eigenvalue weighted by molar-refractivity contribution is 6.30. The van der Waals surface area contributed by atoms with Crippen molar-refractivity contribution in [3.05, 3.63) is 141 Å². The van der Waals surface area contributed by atoms with Crippen molar-refractivity contribution in [1.29, 1.82) is 0 Å². The highest BCUT2D eigenvalue weighted by Crippen LogP contribution is 2.29. The van der Waals surface area contributed by atoms with Crippen molar-refractivity contribution in [1.82, 2.24) is 10.3 Å². The maximum Gasteiger partial charge on any atom is 0.329 e. The first-order chi connectivity index (χ1) is 20.0. The lowest BCUT2D eigenvalue weighted by Crippen LogP contribution is -2.43. The van der Waals surface area contributed by atoms with Crippen molar-refractivity contribution in [2.75, 3.05) is 0 Å². The number of hydrogen-bond donors (Lipinski definition) is 2. The third kappa shape index (κ3) is 5.55. The molecule has 1 heterocycles. The number of rotatable bonds is 7. The second kappa shape index (κ2) is 11.3. The van der Waals surface area contributed by atoms with E-state index >= 15 is 0 Å². The Morgan fingerprint density at radius 2 is 1.39 bits per heavy atom. The first kappa shape index (κ1) is 26.3. The molecule has 1 unspecified atom stereocenters. The molecule has 1 amide bonds. The average molecular weight is 561 g/mol. The van der Waals surface area contributed by atoms with E-state index in [-0.39, 0.29) is 18.6 Å². The molecule has 0 saturated carbocycles. The van der Waals surface area contributed by atoms with Crippen molar-refractivity contribution in [3.63, 3.8) is 0 Å². The number of H-pyrrole nitrogens is 1. The summed E-state index contributed by atoms with van der Waals surface area (Å²) in [6.07, 6.45) is 0.0683. The molecule has 2 N–H and O–H groups in total. The number of ether oxygens (including phenoxy) is 1. The van der Waals surface area contributed by atoms with E-state index < -0.39 is 17.9 Å². The standard InChI is InChI=1S/C34H25ClN2O4/c35-25-15-13-21(14-16-25)33(39)37-31(18-24-19-32(38)36-30-12-6-5-11-28(24)30)34(40)41-20-29-26-9-3-1-7-22(26)17-23-8-2-4-10-27(23)29/h1-17,19,31H,18,20H2,(H,36,38)(H,37,39). The topological polar surface area (TPSA) is 88.3 Å². The number of aromatic nitrogens is 1. The first-order valence-corrected chi connectivity index (χ1v) is 13.6.